The van der Waals surface area contributed by atoms with Gasteiger partial charge < -0.3 is 30.5 Å². The molecule has 1 aromatic carbocycles. The molecule has 32 heavy (non-hydrogen) atoms. The second-order valence-corrected chi connectivity index (χ2v) is 8.60. The van der Waals surface area contributed by atoms with Crippen molar-refractivity contribution in [3.63, 3.8) is 0 Å². The number of carbonyl (C=O) groups is 3. The van der Waals surface area contributed by atoms with Gasteiger partial charge in [-0.15, -0.1) is 0 Å². The largest absolute Gasteiger partial charge is 0.508 e. The van der Waals surface area contributed by atoms with E-state index in [1.54, 1.807) is 46.8 Å². The number of amides is 3. The molecule has 2 atom stereocenters. The number of phenolic OH excluding ortho intramolecular Hbond substituents is 1. The first-order valence-electron chi connectivity index (χ1n) is 10.9. The van der Waals surface area contributed by atoms with Gasteiger partial charge in [0.25, 0.3) is 0 Å². The van der Waals surface area contributed by atoms with E-state index in [-0.39, 0.29) is 18.2 Å². The summed E-state index contributed by atoms with van der Waals surface area (Å²) in [4.78, 5) is 39.8. The van der Waals surface area contributed by atoms with E-state index in [4.69, 9.17) is 4.74 Å². The third-order valence-corrected chi connectivity index (χ3v) is 4.72. The number of ether oxygens (including phenoxy) is 1. The van der Waals surface area contributed by atoms with Gasteiger partial charge in [0.2, 0.25) is 11.8 Å². The smallest absolute Gasteiger partial charge is 0.408 e. The average molecular weight is 452 g/mol. The first-order chi connectivity index (χ1) is 14.9. The molecular weight excluding hydrogens is 414 g/mol. The first-order valence-corrected chi connectivity index (χ1v) is 10.9. The van der Waals surface area contributed by atoms with Gasteiger partial charge in [-0.05, 0) is 64.3 Å². The van der Waals surface area contributed by atoms with Crippen molar-refractivity contribution in [3.05, 3.63) is 29.3 Å². The lowest BCUT2D eigenvalue weighted by molar-refractivity contribution is -0.143. The molecule has 0 fully saturated rings. The highest BCUT2D eigenvalue weighted by atomic mass is 16.6. The molecule has 0 aromatic heterocycles. The minimum Gasteiger partial charge on any atom is -0.508 e. The van der Waals surface area contributed by atoms with Gasteiger partial charge in [-0.2, -0.15) is 0 Å². The third-order valence-electron chi connectivity index (χ3n) is 4.72. The fourth-order valence-electron chi connectivity index (χ4n) is 3.11. The van der Waals surface area contributed by atoms with Crippen molar-refractivity contribution in [3.8, 4) is 5.75 Å². The molecule has 9 nitrogen and oxygen atoms in total. The van der Waals surface area contributed by atoms with Crippen molar-refractivity contribution in [1.29, 1.82) is 0 Å². The van der Waals surface area contributed by atoms with Crippen LogP contribution < -0.4 is 10.6 Å². The number of carbonyl (C=O) groups excluding carboxylic acids is 3. The van der Waals surface area contributed by atoms with Crippen LogP contribution in [0.25, 0.3) is 0 Å². The Morgan fingerprint density at radius 3 is 2.34 bits per heavy atom. The SMILES string of the molecule is CCCCNC(=O)C(c1ccc(O)c(C)c1)N(CC)C(=O)C(CO)NC(=O)OC(C)(C)C. The molecule has 0 radical (unpaired) electrons. The van der Waals surface area contributed by atoms with Crippen LogP contribution in [0.1, 0.15) is 64.6 Å². The standard InChI is InChI=1S/C23H37N3O6/c1-7-9-12-24-20(29)19(16-10-11-18(28)15(3)13-16)26(8-2)21(30)17(14-27)25-22(31)32-23(4,5)6/h10-11,13,17,19,27-28H,7-9,12,14H2,1-6H3,(H,24,29)(H,25,31). The van der Waals surface area contributed by atoms with Gasteiger partial charge in [-0.1, -0.05) is 19.4 Å². The fourth-order valence-corrected chi connectivity index (χ4v) is 3.11. The normalized spacial score (nSPS) is 13.1. The van der Waals surface area contributed by atoms with Crippen molar-refractivity contribution in [1.82, 2.24) is 15.5 Å². The van der Waals surface area contributed by atoms with E-state index in [9.17, 15) is 24.6 Å². The van der Waals surface area contributed by atoms with E-state index in [1.165, 1.54) is 11.0 Å². The highest BCUT2D eigenvalue weighted by Gasteiger charge is 2.35. The molecule has 1 rings (SSSR count). The van der Waals surface area contributed by atoms with Gasteiger partial charge in [-0.25, -0.2) is 4.79 Å². The van der Waals surface area contributed by atoms with Crippen molar-refractivity contribution < 1.29 is 29.3 Å². The molecule has 0 saturated heterocycles. The van der Waals surface area contributed by atoms with Crippen LogP contribution in [-0.2, 0) is 14.3 Å². The van der Waals surface area contributed by atoms with Gasteiger partial charge >= 0.3 is 6.09 Å². The van der Waals surface area contributed by atoms with E-state index in [1.807, 2.05) is 6.92 Å². The zero-order valence-electron chi connectivity index (χ0n) is 19.9. The number of alkyl carbamates (subject to hydrolysis) is 1. The number of hydrogen-bond acceptors (Lipinski definition) is 6. The van der Waals surface area contributed by atoms with Crippen LogP contribution in [0.2, 0.25) is 0 Å². The Labute approximate surface area is 190 Å². The van der Waals surface area contributed by atoms with Crippen LogP contribution in [-0.4, -0.2) is 64.4 Å². The van der Waals surface area contributed by atoms with Crippen LogP contribution in [0, 0.1) is 6.92 Å². The third kappa shape index (κ3) is 8.03. The first kappa shape index (κ1) is 27.2. The number of aliphatic hydroxyl groups excluding tert-OH is 1. The summed E-state index contributed by atoms with van der Waals surface area (Å²) in [5, 5.41) is 24.9. The minimum absolute atomic E-state index is 0.0769. The molecule has 1 aromatic rings. The molecule has 0 heterocycles. The lowest BCUT2D eigenvalue weighted by atomic mass is 10.0. The van der Waals surface area contributed by atoms with E-state index >= 15 is 0 Å². The van der Waals surface area contributed by atoms with Crippen LogP contribution in [0.15, 0.2) is 18.2 Å². The average Bonchev–Trinajstić information content (AvgIpc) is 2.70. The second kappa shape index (κ2) is 12.3. The minimum atomic E-state index is -1.28. The fraction of sp³-hybridized carbons (Fsp3) is 0.609. The summed E-state index contributed by atoms with van der Waals surface area (Å²) in [7, 11) is 0. The van der Waals surface area contributed by atoms with Crippen LogP contribution >= 0.6 is 0 Å². The molecule has 0 aliphatic heterocycles. The zero-order chi connectivity index (χ0) is 24.5. The van der Waals surface area contributed by atoms with Gasteiger partial charge in [0, 0.05) is 13.1 Å². The molecule has 0 bridgehead atoms. The summed E-state index contributed by atoms with van der Waals surface area (Å²) in [6.45, 7) is 10.4. The Bertz CT molecular complexity index is 790. The molecule has 0 spiro atoms. The number of phenols is 1. The highest BCUT2D eigenvalue weighted by Crippen LogP contribution is 2.27. The van der Waals surface area contributed by atoms with Crippen LogP contribution in [0.5, 0.6) is 5.75 Å². The zero-order valence-corrected chi connectivity index (χ0v) is 19.9. The number of benzene rings is 1. The van der Waals surface area contributed by atoms with E-state index in [0.29, 0.717) is 17.7 Å². The van der Waals surface area contributed by atoms with Crippen LogP contribution in [0.3, 0.4) is 0 Å². The maximum atomic E-state index is 13.3. The Morgan fingerprint density at radius 2 is 1.84 bits per heavy atom. The summed E-state index contributed by atoms with van der Waals surface area (Å²) in [6, 6.07) is 2.41. The quantitative estimate of drug-likeness (QED) is 0.405. The topological polar surface area (TPSA) is 128 Å². The maximum absolute atomic E-state index is 13.3. The van der Waals surface area contributed by atoms with Gasteiger partial charge in [0.05, 0.1) is 6.61 Å². The molecule has 0 aliphatic carbocycles. The van der Waals surface area contributed by atoms with Crippen molar-refractivity contribution >= 4 is 17.9 Å². The lowest BCUT2D eigenvalue weighted by Crippen LogP contribution is -2.54. The summed E-state index contributed by atoms with van der Waals surface area (Å²) in [6.07, 6.45) is 0.837. The molecule has 9 heteroatoms. The summed E-state index contributed by atoms with van der Waals surface area (Å²) in [5.74, 6) is -0.928. The number of aryl methyl sites for hydroxylation is 1. The monoisotopic (exact) mass is 451 g/mol. The number of nitrogens with zero attached hydrogens (tertiary/aromatic N) is 1. The number of hydrogen-bond donors (Lipinski definition) is 4. The molecule has 3 amide bonds. The summed E-state index contributed by atoms with van der Waals surface area (Å²) >= 11 is 0. The number of aromatic hydroxyl groups is 1. The second-order valence-electron chi connectivity index (χ2n) is 8.60. The molecule has 4 N–H and O–H groups in total. The Kier molecular flexibility index (Phi) is 10.5. The van der Waals surface area contributed by atoms with E-state index in [0.717, 1.165) is 12.8 Å². The molecule has 2 unspecified atom stereocenters. The van der Waals surface area contributed by atoms with Crippen molar-refractivity contribution in [2.75, 3.05) is 19.7 Å². The van der Waals surface area contributed by atoms with Crippen molar-refractivity contribution in [2.24, 2.45) is 0 Å². The Balaban J connectivity index is 3.24. The summed E-state index contributed by atoms with van der Waals surface area (Å²) < 4.78 is 5.18. The number of aliphatic hydroxyl groups is 1. The summed E-state index contributed by atoms with van der Waals surface area (Å²) in [5.41, 5.74) is 0.296. The van der Waals surface area contributed by atoms with Gasteiger partial charge in [-0.3, -0.25) is 9.59 Å². The molecule has 0 saturated carbocycles. The molecular formula is C23H37N3O6. The maximum Gasteiger partial charge on any atom is 0.408 e. The van der Waals surface area contributed by atoms with Gasteiger partial charge in [0.15, 0.2) is 0 Å². The predicted molar refractivity (Wildman–Crippen MR) is 121 cm³/mol. The highest BCUT2D eigenvalue weighted by molar-refractivity contribution is 5.92. The molecule has 0 aliphatic rings. The van der Waals surface area contributed by atoms with Crippen molar-refractivity contribution in [2.45, 2.75) is 72.1 Å². The van der Waals surface area contributed by atoms with Gasteiger partial charge in [0.1, 0.15) is 23.4 Å². The van der Waals surface area contributed by atoms with E-state index < -0.39 is 36.3 Å². The van der Waals surface area contributed by atoms with Crippen LogP contribution in [0.4, 0.5) is 4.79 Å². The number of rotatable bonds is 10. The Morgan fingerprint density at radius 1 is 1.19 bits per heavy atom. The number of unbranched alkanes of at least 4 members (excludes halogenated alkanes) is 1. The molecule has 180 valence electrons. The Hall–Kier alpha value is -2.81. The lowest BCUT2D eigenvalue weighted by Gasteiger charge is -2.33. The predicted octanol–water partition coefficient (Wildman–Crippen LogP) is 2.39. The van der Waals surface area contributed by atoms with E-state index in [2.05, 4.69) is 10.6 Å². The number of nitrogens with one attached hydrogen (secondary N) is 2. The number of likely N-dealkylation sites (N-methyl/N-ethyl adjacent to an activating group) is 1.